The standard InChI is InChI=1S/C11H18N4O/c1-9-13-10(8-16-2)7-11(14-9)15-5-3-12-4-6-15/h7,12H,3-6,8H2,1-2H3. The number of nitrogens with zero attached hydrogens (tertiary/aromatic N) is 3. The van der Waals surface area contributed by atoms with Crippen molar-refractivity contribution in [3.63, 3.8) is 0 Å². The van der Waals surface area contributed by atoms with Gasteiger partial charge in [0.25, 0.3) is 0 Å². The summed E-state index contributed by atoms with van der Waals surface area (Å²) in [6.45, 7) is 6.50. The number of aryl methyl sites for hydroxylation is 1. The molecule has 1 saturated heterocycles. The second-order valence-corrected chi connectivity index (χ2v) is 3.93. The third kappa shape index (κ3) is 2.68. The molecule has 0 radical (unpaired) electrons. The van der Waals surface area contributed by atoms with Crippen molar-refractivity contribution in [2.24, 2.45) is 0 Å². The summed E-state index contributed by atoms with van der Waals surface area (Å²) in [6.07, 6.45) is 0. The molecule has 16 heavy (non-hydrogen) atoms. The van der Waals surface area contributed by atoms with Gasteiger partial charge in [-0.25, -0.2) is 9.97 Å². The van der Waals surface area contributed by atoms with Gasteiger partial charge < -0.3 is 15.0 Å². The van der Waals surface area contributed by atoms with E-state index in [1.165, 1.54) is 0 Å². The Balaban J connectivity index is 2.18. The van der Waals surface area contributed by atoms with Crippen LogP contribution >= 0.6 is 0 Å². The highest BCUT2D eigenvalue weighted by atomic mass is 16.5. The van der Waals surface area contributed by atoms with Gasteiger partial charge in [0.05, 0.1) is 12.3 Å². The van der Waals surface area contributed by atoms with Gasteiger partial charge in [0.2, 0.25) is 0 Å². The topological polar surface area (TPSA) is 50.3 Å². The molecule has 1 aromatic rings. The maximum Gasteiger partial charge on any atom is 0.132 e. The molecule has 0 unspecified atom stereocenters. The van der Waals surface area contributed by atoms with Crippen molar-refractivity contribution < 1.29 is 4.74 Å². The quantitative estimate of drug-likeness (QED) is 0.799. The van der Waals surface area contributed by atoms with Gasteiger partial charge in [-0.15, -0.1) is 0 Å². The average molecular weight is 222 g/mol. The minimum absolute atomic E-state index is 0.544. The second-order valence-electron chi connectivity index (χ2n) is 3.93. The fourth-order valence-corrected chi connectivity index (χ4v) is 1.89. The first-order valence-electron chi connectivity index (χ1n) is 5.59. The third-order valence-corrected chi connectivity index (χ3v) is 2.61. The molecule has 88 valence electrons. The van der Waals surface area contributed by atoms with E-state index in [-0.39, 0.29) is 0 Å². The first kappa shape index (κ1) is 11.3. The molecule has 0 aromatic carbocycles. The first-order chi connectivity index (χ1) is 7.79. The van der Waals surface area contributed by atoms with Gasteiger partial charge in [-0.1, -0.05) is 0 Å². The van der Waals surface area contributed by atoms with Gasteiger partial charge >= 0.3 is 0 Å². The molecule has 5 nitrogen and oxygen atoms in total. The monoisotopic (exact) mass is 222 g/mol. The molecule has 2 rings (SSSR count). The molecule has 1 N–H and O–H groups in total. The lowest BCUT2D eigenvalue weighted by molar-refractivity contribution is 0.181. The van der Waals surface area contributed by atoms with Crippen molar-refractivity contribution in [1.82, 2.24) is 15.3 Å². The van der Waals surface area contributed by atoms with Gasteiger partial charge in [-0.05, 0) is 6.92 Å². The number of anilines is 1. The van der Waals surface area contributed by atoms with E-state index in [9.17, 15) is 0 Å². The molecular weight excluding hydrogens is 204 g/mol. The van der Waals surface area contributed by atoms with Crippen LogP contribution in [0.1, 0.15) is 11.5 Å². The molecule has 5 heteroatoms. The number of ether oxygens (including phenoxy) is 1. The summed E-state index contributed by atoms with van der Waals surface area (Å²) in [5.74, 6) is 1.82. The summed E-state index contributed by atoms with van der Waals surface area (Å²) in [5, 5.41) is 3.33. The van der Waals surface area contributed by atoms with Crippen molar-refractivity contribution in [2.75, 3.05) is 38.2 Å². The Morgan fingerprint density at radius 3 is 2.81 bits per heavy atom. The number of nitrogens with one attached hydrogen (secondary N) is 1. The maximum absolute atomic E-state index is 5.10. The predicted octanol–water partition coefficient (Wildman–Crippen LogP) is 0.341. The van der Waals surface area contributed by atoms with E-state index >= 15 is 0 Å². The van der Waals surface area contributed by atoms with Crippen LogP contribution in [0.4, 0.5) is 5.82 Å². The van der Waals surface area contributed by atoms with E-state index in [0.29, 0.717) is 6.61 Å². The summed E-state index contributed by atoms with van der Waals surface area (Å²) in [4.78, 5) is 11.1. The van der Waals surface area contributed by atoms with Crippen molar-refractivity contribution in [3.8, 4) is 0 Å². The zero-order valence-electron chi connectivity index (χ0n) is 9.86. The predicted molar refractivity (Wildman–Crippen MR) is 62.6 cm³/mol. The Labute approximate surface area is 95.8 Å². The summed E-state index contributed by atoms with van der Waals surface area (Å²) >= 11 is 0. The van der Waals surface area contributed by atoms with Gasteiger partial charge in [-0.3, -0.25) is 0 Å². The lowest BCUT2D eigenvalue weighted by Gasteiger charge is -2.28. The van der Waals surface area contributed by atoms with Crippen LogP contribution in [0, 0.1) is 6.92 Å². The minimum Gasteiger partial charge on any atom is -0.378 e. The molecule has 0 bridgehead atoms. The van der Waals surface area contributed by atoms with Gasteiger partial charge in [0.15, 0.2) is 0 Å². The van der Waals surface area contributed by atoms with Crippen LogP contribution in [0.2, 0.25) is 0 Å². The van der Waals surface area contributed by atoms with Crippen molar-refractivity contribution >= 4 is 5.82 Å². The summed E-state index contributed by atoms with van der Waals surface area (Å²) in [6, 6.07) is 2.02. The van der Waals surface area contributed by atoms with E-state index in [1.807, 2.05) is 13.0 Å². The largest absolute Gasteiger partial charge is 0.378 e. The highest BCUT2D eigenvalue weighted by Gasteiger charge is 2.13. The Kier molecular flexibility index (Phi) is 3.69. The normalized spacial score (nSPS) is 16.5. The zero-order chi connectivity index (χ0) is 11.4. The van der Waals surface area contributed by atoms with Crippen molar-refractivity contribution in [2.45, 2.75) is 13.5 Å². The number of piperazine rings is 1. The summed E-state index contributed by atoms with van der Waals surface area (Å²) < 4.78 is 5.10. The second kappa shape index (κ2) is 5.23. The Hall–Kier alpha value is -1.20. The van der Waals surface area contributed by atoms with Crippen LogP contribution in [0.3, 0.4) is 0 Å². The van der Waals surface area contributed by atoms with Gasteiger partial charge in [0, 0.05) is 39.4 Å². The molecule has 1 aliphatic heterocycles. The molecule has 1 aromatic heterocycles. The highest BCUT2D eigenvalue weighted by molar-refractivity contribution is 5.40. The van der Waals surface area contributed by atoms with E-state index in [1.54, 1.807) is 7.11 Å². The lowest BCUT2D eigenvalue weighted by Crippen LogP contribution is -2.44. The average Bonchev–Trinajstić information content (AvgIpc) is 2.30. The zero-order valence-corrected chi connectivity index (χ0v) is 9.86. The minimum atomic E-state index is 0.544. The lowest BCUT2D eigenvalue weighted by atomic mass is 10.3. The number of hydrogen-bond acceptors (Lipinski definition) is 5. The molecule has 1 fully saturated rings. The van der Waals surface area contributed by atoms with Crippen LogP contribution in [-0.4, -0.2) is 43.3 Å². The molecule has 0 amide bonds. The van der Waals surface area contributed by atoms with Crippen LogP contribution in [0.5, 0.6) is 0 Å². The molecular formula is C11H18N4O. The fourth-order valence-electron chi connectivity index (χ4n) is 1.89. The Morgan fingerprint density at radius 1 is 1.38 bits per heavy atom. The van der Waals surface area contributed by atoms with Gasteiger partial charge in [-0.2, -0.15) is 0 Å². The number of hydrogen-bond donors (Lipinski definition) is 1. The van der Waals surface area contributed by atoms with E-state index in [2.05, 4.69) is 20.2 Å². The van der Waals surface area contributed by atoms with Gasteiger partial charge in [0.1, 0.15) is 11.6 Å². The van der Waals surface area contributed by atoms with Crippen molar-refractivity contribution in [1.29, 1.82) is 0 Å². The van der Waals surface area contributed by atoms with E-state index in [0.717, 1.165) is 43.5 Å². The maximum atomic E-state index is 5.10. The highest BCUT2D eigenvalue weighted by Crippen LogP contribution is 2.13. The SMILES string of the molecule is COCc1cc(N2CCNCC2)nc(C)n1. The number of rotatable bonds is 3. The van der Waals surface area contributed by atoms with Crippen LogP contribution in [0.25, 0.3) is 0 Å². The first-order valence-corrected chi connectivity index (χ1v) is 5.59. The van der Waals surface area contributed by atoms with Crippen molar-refractivity contribution in [3.05, 3.63) is 17.6 Å². The molecule has 0 atom stereocenters. The molecule has 0 spiro atoms. The van der Waals surface area contributed by atoms with Crippen LogP contribution in [-0.2, 0) is 11.3 Å². The van der Waals surface area contributed by atoms with E-state index < -0.39 is 0 Å². The van der Waals surface area contributed by atoms with Crippen LogP contribution < -0.4 is 10.2 Å². The Bertz CT molecular complexity index is 350. The molecule has 2 heterocycles. The Morgan fingerprint density at radius 2 is 2.12 bits per heavy atom. The third-order valence-electron chi connectivity index (χ3n) is 2.61. The molecule has 0 aliphatic carbocycles. The smallest absolute Gasteiger partial charge is 0.132 e. The van der Waals surface area contributed by atoms with E-state index in [4.69, 9.17) is 4.74 Å². The summed E-state index contributed by atoms with van der Waals surface area (Å²) in [7, 11) is 1.68. The fraction of sp³-hybridized carbons (Fsp3) is 0.636. The number of methoxy groups -OCH3 is 1. The van der Waals surface area contributed by atoms with Crippen LogP contribution in [0.15, 0.2) is 6.07 Å². The summed E-state index contributed by atoms with van der Waals surface area (Å²) in [5.41, 5.74) is 0.948. The molecule has 1 aliphatic rings. The number of aromatic nitrogens is 2. The molecule has 0 saturated carbocycles.